The Labute approximate surface area is 113 Å². The molecule has 1 saturated carbocycles. The molecule has 0 spiro atoms. The molecule has 1 fully saturated rings. The van der Waals surface area contributed by atoms with Gasteiger partial charge in [-0.05, 0) is 32.6 Å². The molecule has 1 aliphatic carbocycles. The highest BCUT2D eigenvalue weighted by Crippen LogP contribution is 2.42. The number of aryl methyl sites for hydroxylation is 2. The molecule has 0 saturated heterocycles. The molecule has 0 aliphatic heterocycles. The van der Waals surface area contributed by atoms with Gasteiger partial charge in [0.1, 0.15) is 0 Å². The first kappa shape index (κ1) is 13.8. The van der Waals surface area contributed by atoms with Crippen molar-refractivity contribution < 1.29 is 9.84 Å². The summed E-state index contributed by atoms with van der Waals surface area (Å²) in [6.07, 6.45) is 2.65. The van der Waals surface area contributed by atoms with Crippen molar-refractivity contribution in [3.8, 4) is 0 Å². The van der Waals surface area contributed by atoms with E-state index >= 15 is 0 Å². The summed E-state index contributed by atoms with van der Waals surface area (Å²) in [5.41, 5.74) is 0.935. The number of rotatable bonds is 6. The van der Waals surface area contributed by atoms with Crippen LogP contribution in [-0.4, -0.2) is 34.2 Å². The fraction of sp³-hybridized carbons (Fsp3) is 0.769. The van der Waals surface area contributed by atoms with Crippen LogP contribution in [0.5, 0.6) is 0 Å². The van der Waals surface area contributed by atoms with Gasteiger partial charge in [-0.3, -0.25) is 4.68 Å². The first-order chi connectivity index (χ1) is 8.51. The average Bonchev–Trinajstić information content (AvgIpc) is 3.14. The Bertz CT molecular complexity index is 429. The quantitative estimate of drug-likeness (QED) is 0.864. The van der Waals surface area contributed by atoms with Gasteiger partial charge in [-0.2, -0.15) is 5.10 Å². The molecule has 4 nitrogen and oxygen atoms in total. The average molecular weight is 273 g/mol. The fourth-order valence-corrected chi connectivity index (χ4v) is 2.71. The molecule has 1 atom stereocenters. The lowest BCUT2D eigenvalue weighted by Crippen LogP contribution is -2.40. The summed E-state index contributed by atoms with van der Waals surface area (Å²) in [7, 11) is 1.62. The molecular weight excluding hydrogens is 252 g/mol. The van der Waals surface area contributed by atoms with Crippen LogP contribution in [0, 0.1) is 12.8 Å². The number of aliphatic hydroxyl groups is 1. The maximum atomic E-state index is 10.7. The van der Waals surface area contributed by atoms with E-state index in [4.69, 9.17) is 16.3 Å². The van der Waals surface area contributed by atoms with E-state index in [2.05, 4.69) is 5.10 Å². The third-order valence-corrected chi connectivity index (χ3v) is 4.15. The number of aromatic nitrogens is 2. The summed E-state index contributed by atoms with van der Waals surface area (Å²) in [6, 6.07) is 0. The summed E-state index contributed by atoms with van der Waals surface area (Å²) >= 11 is 6.29. The zero-order valence-electron chi connectivity index (χ0n) is 11.2. The zero-order valence-corrected chi connectivity index (χ0v) is 12.0. The molecule has 1 aromatic heterocycles. The lowest BCUT2D eigenvalue weighted by atomic mass is 9.92. The maximum Gasteiger partial charge on any atom is 0.0963 e. The highest BCUT2D eigenvalue weighted by atomic mass is 35.5. The molecule has 0 amide bonds. The minimum absolute atomic E-state index is 0.328. The smallest absolute Gasteiger partial charge is 0.0963 e. The minimum Gasteiger partial charge on any atom is -0.387 e. The van der Waals surface area contributed by atoms with Crippen LogP contribution in [0.25, 0.3) is 0 Å². The van der Waals surface area contributed by atoms with Crippen molar-refractivity contribution in [1.82, 2.24) is 9.78 Å². The van der Waals surface area contributed by atoms with Crippen LogP contribution in [-0.2, 0) is 17.7 Å². The number of nitrogens with zero attached hydrogens (tertiary/aromatic N) is 2. The Morgan fingerprint density at radius 3 is 2.72 bits per heavy atom. The molecule has 0 bridgehead atoms. The standard InChI is InChI=1S/C13H21ClN2O2/c1-4-16-11(12(14)9(2)15-16)7-13(17,8-18-3)10-5-6-10/h10,17H,4-8H2,1-3H3. The Kier molecular flexibility index (Phi) is 3.99. The van der Waals surface area contributed by atoms with Crippen molar-refractivity contribution in [2.45, 2.75) is 45.3 Å². The van der Waals surface area contributed by atoms with E-state index in [1.54, 1.807) is 7.11 Å². The topological polar surface area (TPSA) is 47.3 Å². The van der Waals surface area contributed by atoms with Gasteiger partial charge >= 0.3 is 0 Å². The van der Waals surface area contributed by atoms with E-state index in [0.29, 0.717) is 24.0 Å². The van der Waals surface area contributed by atoms with Crippen LogP contribution in [0.1, 0.15) is 31.2 Å². The van der Waals surface area contributed by atoms with Crippen molar-refractivity contribution in [2.75, 3.05) is 13.7 Å². The van der Waals surface area contributed by atoms with Crippen LogP contribution in [0.15, 0.2) is 0 Å². The second kappa shape index (κ2) is 5.19. The van der Waals surface area contributed by atoms with Crippen molar-refractivity contribution in [1.29, 1.82) is 0 Å². The monoisotopic (exact) mass is 272 g/mol. The van der Waals surface area contributed by atoms with E-state index in [0.717, 1.165) is 30.8 Å². The second-order valence-electron chi connectivity index (χ2n) is 5.15. The van der Waals surface area contributed by atoms with Crippen LogP contribution in [0.4, 0.5) is 0 Å². The molecule has 1 aromatic rings. The first-order valence-electron chi connectivity index (χ1n) is 6.45. The summed E-state index contributed by atoms with van der Waals surface area (Å²) < 4.78 is 7.05. The minimum atomic E-state index is -0.808. The Hall–Kier alpha value is -0.580. The Balaban J connectivity index is 2.25. The lowest BCUT2D eigenvalue weighted by Gasteiger charge is -2.27. The molecule has 1 heterocycles. The highest BCUT2D eigenvalue weighted by Gasteiger charge is 2.44. The van der Waals surface area contributed by atoms with Gasteiger partial charge in [0.05, 0.1) is 28.6 Å². The third kappa shape index (κ3) is 2.56. The van der Waals surface area contributed by atoms with Gasteiger partial charge in [-0.15, -0.1) is 0 Å². The molecule has 2 rings (SSSR count). The largest absolute Gasteiger partial charge is 0.387 e. The van der Waals surface area contributed by atoms with Crippen molar-refractivity contribution >= 4 is 11.6 Å². The lowest BCUT2D eigenvalue weighted by molar-refractivity contribution is -0.0486. The van der Waals surface area contributed by atoms with Gasteiger partial charge in [0.25, 0.3) is 0 Å². The maximum absolute atomic E-state index is 10.7. The molecule has 1 N–H and O–H groups in total. The van der Waals surface area contributed by atoms with Crippen LogP contribution in [0.2, 0.25) is 5.02 Å². The summed E-state index contributed by atoms with van der Waals surface area (Å²) in [5, 5.41) is 15.8. The fourth-order valence-electron chi connectivity index (χ4n) is 2.51. The summed E-state index contributed by atoms with van der Waals surface area (Å²) in [5.74, 6) is 0.328. The first-order valence-corrected chi connectivity index (χ1v) is 6.82. The molecule has 1 aliphatic rings. The third-order valence-electron chi connectivity index (χ3n) is 3.66. The predicted octanol–water partition coefficient (Wildman–Crippen LogP) is 2.19. The molecule has 18 heavy (non-hydrogen) atoms. The van der Waals surface area contributed by atoms with Crippen LogP contribution < -0.4 is 0 Å². The Morgan fingerprint density at radius 1 is 1.56 bits per heavy atom. The Morgan fingerprint density at radius 2 is 2.22 bits per heavy atom. The van der Waals surface area contributed by atoms with E-state index in [-0.39, 0.29) is 0 Å². The summed E-state index contributed by atoms with van der Waals surface area (Å²) in [6.45, 7) is 5.03. The number of hydrogen-bond donors (Lipinski definition) is 1. The van der Waals surface area contributed by atoms with Crippen molar-refractivity contribution in [2.24, 2.45) is 5.92 Å². The zero-order chi connectivity index (χ0) is 13.3. The van der Waals surface area contributed by atoms with Crippen LogP contribution >= 0.6 is 11.6 Å². The van der Waals surface area contributed by atoms with Gasteiger partial charge in [0, 0.05) is 20.1 Å². The van der Waals surface area contributed by atoms with E-state index < -0.39 is 5.60 Å². The number of hydrogen-bond acceptors (Lipinski definition) is 3. The number of halogens is 1. The molecule has 0 radical (unpaired) electrons. The molecule has 102 valence electrons. The SMILES string of the molecule is CCn1nc(C)c(Cl)c1CC(O)(COC)C1CC1. The predicted molar refractivity (Wildman–Crippen MR) is 70.9 cm³/mol. The van der Waals surface area contributed by atoms with Gasteiger partial charge in [0.15, 0.2) is 0 Å². The summed E-state index contributed by atoms with van der Waals surface area (Å²) in [4.78, 5) is 0. The molecule has 5 heteroatoms. The van der Waals surface area contributed by atoms with E-state index in [9.17, 15) is 5.11 Å². The second-order valence-corrected chi connectivity index (χ2v) is 5.53. The van der Waals surface area contributed by atoms with Gasteiger partial charge < -0.3 is 9.84 Å². The number of methoxy groups -OCH3 is 1. The van der Waals surface area contributed by atoms with E-state index in [1.807, 2.05) is 18.5 Å². The van der Waals surface area contributed by atoms with E-state index in [1.165, 1.54) is 0 Å². The molecule has 1 unspecified atom stereocenters. The van der Waals surface area contributed by atoms with Gasteiger partial charge in [-0.25, -0.2) is 0 Å². The normalized spacial score (nSPS) is 18.9. The highest BCUT2D eigenvalue weighted by molar-refractivity contribution is 6.31. The van der Waals surface area contributed by atoms with Gasteiger partial charge in [0.2, 0.25) is 0 Å². The molecule has 0 aromatic carbocycles. The van der Waals surface area contributed by atoms with Crippen molar-refractivity contribution in [3.63, 3.8) is 0 Å². The number of ether oxygens (including phenoxy) is 1. The van der Waals surface area contributed by atoms with Gasteiger partial charge in [-0.1, -0.05) is 11.6 Å². The molecular formula is C13H21ClN2O2. The van der Waals surface area contributed by atoms with Crippen molar-refractivity contribution in [3.05, 3.63) is 16.4 Å². The van der Waals surface area contributed by atoms with Crippen LogP contribution in [0.3, 0.4) is 0 Å².